The van der Waals surface area contributed by atoms with Gasteiger partial charge in [0, 0.05) is 53.4 Å². The van der Waals surface area contributed by atoms with Crippen molar-refractivity contribution in [2.24, 2.45) is 0 Å². The van der Waals surface area contributed by atoms with Crippen LogP contribution in [0.1, 0.15) is 49.3 Å². The smallest absolute Gasteiger partial charge is 0.335 e. The molecule has 0 aliphatic carbocycles. The number of fused-ring (bicyclic) bond motifs is 2. The average molecular weight is 495 g/mol. The zero-order chi connectivity index (χ0) is 25.0. The number of nitrogens with zero attached hydrogens (tertiary/aromatic N) is 3. The number of halogens is 1. The molecule has 1 aromatic carbocycles. The minimum atomic E-state index is -1.27. The van der Waals surface area contributed by atoms with Crippen LogP contribution < -0.4 is 4.74 Å². The van der Waals surface area contributed by atoms with Gasteiger partial charge >= 0.3 is 5.97 Å². The highest BCUT2D eigenvalue weighted by Gasteiger charge is 2.46. The summed E-state index contributed by atoms with van der Waals surface area (Å²) < 4.78 is 33.3. The van der Waals surface area contributed by atoms with E-state index >= 15 is 0 Å². The highest BCUT2D eigenvalue weighted by Crippen LogP contribution is 2.47. The molecule has 10 heteroatoms. The largest absolute Gasteiger partial charge is 0.494 e. The molecule has 4 aromatic rings. The monoisotopic (exact) mass is 494 g/mol. The third kappa shape index (κ3) is 3.55. The molecule has 0 radical (unpaired) electrons. The van der Waals surface area contributed by atoms with Gasteiger partial charge in [0.05, 0.1) is 30.9 Å². The fourth-order valence-electron chi connectivity index (χ4n) is 5.66. The summed E-state index contributed by atoms with van der Waals surface area (Å²) >= 11 is 0. The van der Waals surface area contributed by atoms with Crippen molar-refractivity contribution in [2.75, 3.05) is 26.9 Å². The van der Waals surface area contributed by atoms with E-state index < -0.39 is 17.4 Å². The second kappa shape index (κ2) is 8.56. The fraction of sp³-hybridized carbons (Fsp3) is 0.423. The molecule has 9 nitrogen and oxygen atoms in total. The predicted octanol–water partition coefficient (Wildman–Crippen LogP) is 4.29. The Morgan fingerprint density at radius 1 is 1.28 bits per heavy atom. The second-order valence-electron chi connectivity index (χ2n) is 9.75. The Labute approximate surface area is 206 Å². The molecule has 188 valence electrons. The van der Waals surface area contributed by atoms with Gasteiger partial charge in [-0.2, -0.15) is 5.10 Å². The van der Waals surface area contributed by atoms with E-state index in [0.29, 0.717) is 25.3 Å². The number of rotatable bonds is 5. The Bertz CT molecular complexity index is 1470. The summed E-state index contributed by atoms with van der Waals surface area (Å²) in [4.78, 5) is 17.0. The van der Waals surface area contributed by atoms with E-state index in [1.54, 1.807) is 25.3 Å². The summed E-state index contributed by atoms with van der Waals surface area (Å²) in [6, 6.07) is 6.84. The standard InChI is InChI=1S/C26H27FN4O5/c1-26(25(32)33)11-16(13-36-26)21-22-19(9-15-12-28-30-24(15)29-22)31(23(21)14-5-7-35-8-6-14)17-3-4-18(27)20(10-17)34-2/h3-4,9-10,12,14,16H,5-8,11,13H2,1-2H3,(H,32,33)(H,28,29,30)/t16-,26+/m0/s1. The van der Waals surface area contributed by atoms with Crippen molar-refractivity contribution in [3.05, 3.63) is 47.5 Å². The van der Waals surface area contributed by atoms with Crippen molar-refractivity contribution in [2.45, 2.75) is 43.6 Å². The minimum absolute atomic E-state index is 0.146. The summed E-state index contributed by atoms with van der Waals surface area (Å²) in [7, 11) is 1.44. The molecule has 36 heavy (non-hydrogen) atoms. The summed E-state index contributed by atoms with van der Waals surface area (Å²) in [5.74, 6) is -1.31. The molecule has 6 rings (SSSR count). The molecule has 0 bridgehead atoms. The number of pyridine rings is 1. The van der Waals surface area contributed by atoms with Crippen molar-refractivity contribution in [3.63, 3.8) is 0 Å². The highest BCUT2D eigenvalue weighted by atomic mass is 19.1. The molecule has 0 spiro atoms. The van der Waals surface area contributed by atoms with Gasteiger partial charge in [0.2, 0.25) is 0 Å². The molecule has 0 unspecified atom stereocenters. The van der Waals surface area contributed by atoms with E-state index in [0.717, 1.165) is 46.2 Å². The summed E-state index contributed by atoms with van der Waals surface area (Å²) in [6.45, 7) is 3.15. The molecule has 2 fully saturated rings. The fourth-order valence-corrected chi connectivity index (χ4v) is 5.66. The normalized spacial score (nSPS) is 23.0. The Kier molecular flexibility index (Phi) is 5.45. The SMILES string of the molecule is COc1cc(-n2c(C3CCOCC3)c([C@@H]3CO[C@@](C)(C(=O)O)C3)c3nc4[nH]ncc4cc32)ccc1F. The van der Waals surface area contributed by atoms with Gasteiger partial charge in [0.15, 0.2) is 22.8 Å². The number of carbonyl (C=O) groups is 1. The van der Waals surface area contributed by atoms with Crippen LogP contribution in [0.25, 0.3) is 27.8 Å². The number of nitrogens with one attached hydrogen (secondary N) is 1. The molecule has 0 saturated carbocycles. The van der Waals surface area contributed by atoms with Gasteiger partial charge in [-0.25, -0.2) is 14.2 Å². The number of carboxylic acids is 1. The zero-order valence-electron chi connectivity index (χ0n) is 20.1. The van der Waals surface area contributed by atoms with Crippen LogP contribution in [0.2, 0.25) is 0 Å². The first-order chi connectivity index (χ1) is 17.4. The van der Waals surface area contributed by atoms with Gasteiger partial charge in [-0.1, -0.05) is 0 Å². The average Bonchev–Trinajstić information content (AvgIpc) is 3.59. The Balaban J connectivity index is 1.66. The maximum absolute atomic E-state index is 14.4. The van der Waals surface area contributed by atoms with E-state index in [2.05, 4.69) is 14.8 Å². The first kappa shape index (κ1) is 22.9. The third-order valence-corrected chi connectivity index (χ3v) is 7.52. The predicted molar refractivity (Wildman–Crippen MR) is 129 cm³/mol. The van der Waals surface area contributed by atoms with E-state index in [9.17, 15) is 14.3 Å². The van der Waals surface area contributed by atoms with Crippen molar-refractivity contribution in [3.8, 4) is 11.4 Å². The van der Waals surface area contributed by atoms with Gasteiger partial charge in [-0.3, -0.25) is 5.10 Å². The van der Waals surface area contributed by atoms with Crippen LogP contribution in [-0.2, 0) is 14.3 Å². The van der Waals surface area contributed by atoms with E-state index in [4.69, 9.17) is 19.2 Å². The Morgan fingerprint density at radius 3 is 2.81 bits per heavy atom. The molecule has 5 heterocycles. The van der Waals surface area contributed by atoms with Crippen molar-refractivity contribution in [1.29, 1.82) is 0 Å². The topological polar surface area (TPSA) is 111 Å². The number of aromatic amines is 1. The van der Waals surface area contributed by atoms with Gasteiger partial charge in [0.1, 0.15) is 0 Å². The molecule has 2 aliphatic rings. The Hall–Kier alpha value is -3.50. The summed E-state index contributed by atoms with van der Waals surface area (Å²) in [5, 5.41) is 17.8. The molecule has 0 amide bonds. The third-order valence-electron chi connectivity index (χ3n) is 7.52. The number of carboxylic acid groups (broad SMARTS) is 1. The number of methoxy groups -OCH3 is 1. The molecule has 2 N–H and O–H groups in total. The molecule has 3 aromatic heterocycles. The van der Waals surface area contributed by atoms with Crippen LogP contribution in [0, 0.1) is 5.82 Å². The lowest BCUT2D eigenvalue weighted by Gasteiger charge is -2.27. The lowest BCUT2D eigenvalue weighted by molar-refractivity contribution is -0.157. The molecule has 2 saturated heterocycles. The molecular formula is C26H27FN4O5. The van der Waals surface area contributed by atoms with Crippen LogP contribution >= 0.6 is 0 Å². The van der Waals surface area contributed by atoms with Crippen molar-refractivity contribution >= 4 is 28.0 Å². The van der Waals surface area contributed by atoms with Gasteiger partial charge < -0.3 is 23.9 Å². The second-order valence-corrected chi connectivity index (χ2v) is 9.75. The van der Waals surface area contributed by atoms with Crippen molar-refractivity contribution < 1.29 is 28.5 Å². The lowest BCUT2D eigenvalue weighted by atomic mass is 9.85. The van der Waals surface area contributed by atoms with Crippen LogP contribution in [-0.4, -0.2) is 63.4 Å². The summed E-state index contributed by atoms with van der Waals surface area (Å²) in [6.07, 6.45) is 3.67. The van der Waals surface area contributed by atoms with Gasteiger partial charge in [-0.05, 0) is 44.4 Å². The number of benzene rings is 1. The summed E-state index contributed by atoms with van der Waals surface area (Å²) in [5.41, 5.74) is 3.74. The number of aromatic nitrogens is 4. The Morgan fingerprint density at radius 2 is 2.08 bits per heavy atom. The maximum Gasteiger partial charge on any atom is 0.335 e. The molecular weight excluding hydrogens is 467 g/mol. The van der Waals surface area contributed by atoms with Crippen molar-refractivity contribution in [1.82, 2.24) is 19.7 Å². The number of hydrogen-bond acceptors (Lipinski definition) is 6. The van der Waals surface area contributed by atoms with E-state index in [-0.39, 0.29) is 24.2 Å². The number of H-pyrrole nitrogens is 1. The number of ether oxygens (including phenoxy) is 3. The maximum atomic E-state index is 14.4. The van der Waals surface area contributed by atoms with Gasteiger partial charge in [0.25, 0.3) is 0 Å². The number of hydrogen-bond donors (Lipinski definition) is 2. The first-order valence-electron chi connectivity index (χ1n) is 12.1. The zero-order valence-corrected chi connectivity index (χ0v) is 20.1. The van der Waals surface area contributed by atoms with Crippen LogP contribution in [0.4, 0.5) is 4.39 Å². The van der Waals surface area contributed by atoms with Crippen LogP contribution in [0.5, 0.6) is 5.75 Å². The number of aliphatic carboxylic acids is 1. The first-order valence-corrected chi connectivity index (χ1v) is 12.1. The lowest BCUT2D eigenvalue weighted by Crippen LogP contribution is -2.34. The van der Waals surface area contributed by atoms with E-state index in [1.807, 2.05) is 6.07 Å². The van der Waals surface area contributed by atoms with Gasteiger partial charge in [-0.15, -0.1) is 0 Å². The van der Waals surface area contributed by atoms with Crippen LogP contribution in [0.3, 0.4) is 0 Å². The highest BCUT2D eigenvalue weighted by molar-refractivity contribution is 5.94. The minimum Gasteiger partial charge on any atom is -0.494 e. The molecule has 2 aliphatic heterocycles. The quantitative estimate of drug-likeness (QED) is 0.426. The van der Waals surface area contributed by atoms with E-state index in [1.165, 1.54) is 13.2 Å². The van der Waals surface area contributed by atoms with Crippen LogP contribution in [0.15, 0.2) is 30.5 Å². The molecule has 2 atom stereocenters.